The number of aryl methyl sites for hydroxylation is 2. The molecule has 0 saturated heterocycles. The average Bonchev–Trinajstić information content (AvgIpc) is 2.42. The zero-order valence-corrected chi connectivity index (χ0v) is 13.0. The molecule has 0 radical (unpaired) electrons. The minimum atomic E-state index is -0.394. The van der Waals surface area contributed by atoms with E-state index in [-0.39, 0.29) is 5.69 Å². The zero-order chi connectivity index (χ0) is 15.4. The van der Waals surface area contributed by atoms with Crippen molar-refractivity contribution in [1.82, 2.24) is 4.98 Å². The Morgan fingerprint density at radius 3 is 2.67 bits per heavy atom. The normalized spacial score (nSPS) is 10.4. The van der Waals surface area contributed by atoms with Crippen molar-refractivity contribution in [3.63, 3.8) is 0 Å². The molecule has 1 aromatic carbocycles. The highest BCUT2D eigenvalue weighted by atomic mass is 32.2. The quantitative estimate of drug-likeness (QED) is 0.662. The van der Waals surface area contributed by atoms with Gasteiger partial charge >= 0.3 is 0 Å². The Balaban J connectivity index is 2.36. The van der Waals surface area contributed by atoms with Crippen LogP contribution in [0.4, 0.5) is 11.5 Å². The predicted octanol–water partition coefficient (Wildman–Crippen LogP) is 4.19. The molecule has 0 atom stereocenters. The first-order chi connectivity index (χ1) is 9.99. The molecule has 0 aliphatic heterocycles. The third-order valence-corrected chi connectivity index (χ3v) is 4.00. The molecule has 6 heteroatoms. The van der Waals surface area contributed by atoms with Crippen molar-refractivity contribution < 1.29 is 4.92 Å². The van der Waals surface area contributed by atoms with Crippen LogP contribution in [0.25, 0.3) is 0 Å². The first-order valence-corrected chi connectivity index (χ1v) is 7.46. The average molecular weight is 303 g/mol. The van der Waals surface area contributed by atoms with Gasteiger partial charge < -0.3 is 5.32 Å². The molecule has 2 aromatic rings. The smallest absolute Gasteiger partial charge is 0.275 e. The van der Waals surface area contributed by atoms with E-state index >= 15 is 0 Å². The number of nitro groups is 1. The number of hydrogen-bond donors (Lipinski definition) is 1. The predicted molar refractivity (Wildman–Crippen MR) is 85.1 cm³/mol. The number of aromatic nitrogens is 1. The summed E-state index contributed by atoms with van der Waals surface area (Å²) in [7, 11) is 0. The highest BCUT2D eigenvalue weighted by Gasteiger charge is 2.12. The van der Waals surface area contributed by atoms with Crippen molar-refractivity contribution in [2.75, 3.05) is 11.9 Å². The maximum atomic E-state index is 11.0. The van der Waals surface area contributed by atoms with Crippen LogP contribution in [0.5, 0.6) is 0 Å². The molecule has 0 aliphatic carbocycles. The Labute approximate surface area is 127 Å². The number of benzene rings is 1. The van der Waals surface area contributed by atoms with Crippen LogP contribution in [-0.2, 0) is 0 Å². The van der Waals surface area contributed by atoms with Gasteiger partial charge in [-0.25, -0.2) is 4.98 Å². The molecule has 5 nitrogen and oxygen atoms in total. The summed E-state index contributed by atoms with van der Waals surface area (Å²) in [5.41, 5.74) is 2.38. The Morgan fingerprint density at radius 1 is 1.29 bits per heavy atom. The molecule has 0 spiro atoms. The lowest BCUT2D eigenvalue weighted by Crippen LogP contribution is -2.01. The summed E-state index contributed by atoms with van der Waals surface area (Å²) in [6.45, 7) is 6.66. The van der Waals surface area contributed by atoms with E-state index in [0.717, 1.165) is 10.5 Å². The summed E-state index contributed by atoms with van der Waals surface area (Å²) in [6.07, 6.45) is 0. The van der Waals surface area contributed by atoms with Crippen LogP contribution < -0.4 is 5.32 Å². The molecule has 0 amide bonds. The molecular formula is C15H17N3O2S. The van der Waals surface area contributed by atoms with E-state index in [4.69, 9.17) is 0 Å². The number of nitrogens with zero attached hydrogens (tertiary/aromatic N) is 2. The number of nitrogens with one attached hydrogen (secondary N) is 1. The summed E-state index contributed by atoms with van der Waals surface area (Å²) >= 11 is 1.44. The lowest BCUT2D eigenvalue weighted by Gasteiger charge is -2.08. The standard InChI is InChI=1S/C15H17N3O2S/c1-4-16-14-8-12(18(19)20)9-15(17-14)21-13-6-5-10(2)7-11(13)3/h5-9H,4H2,1-3H3,(H,16,17). The highest BCUT2D eigenvalue weighted by molar-refractivity contribution is 7.99. The molecule has 1 aromatic heterocycles. The van der Waals surface area contributed by atoms with E-state index in [1.54, 1.807) is 0 Å². The van der Waals surface area contributed by atoms with Crippen LogP contribution in [0.3, 0.4) is 0 Å². The Kier molecular flexibility index (Phi) is 4.80. The monoisotopic (exact) mass is 303 g/mol. The molecule has 1 N–H and O–H groups in total. The summed E-state index contributed by atoms with van der Waals surface area (Å²) in [5, 5.41) is 14.7. The molecule has 2 rings (SSSR count). The van der Waals surface area contributed by atoms with Gasteiger partial charge in [-0.1, -0.05) is 29.5 Å². The van der Waals surface area contributed by atoms with E-state index in [2.05, 4.69) is 16.4 Å². The van der Waals surface area contributed by atoms with Gasteiger partial charge in [-0.3, -0.25) is 10.1 Å². The Morgan fingerprint density at radius 2 is 2.05 bits per heavy atom. The van der Waals surface area contributed by atoms with Gasteiger partial charge in [0.2, 0.25) is 0 Å². The fraction of sp³-hybridized carbons (Fsp3) is 0.267. The van der Waals surface area contributed by atoms with E-state index in [0.29, 0.717) is 17.4 Å². The summed E-state index contributed by atoms with van der Waals surface area (Å²) in [5.74, 6) is 0.527. The van der Waals surface area contributed by atoms with Gasteiger partial charge in [0.1, 0.15) is 10.8 Å². The molecule has 0 fully saturated rings. The number of anilines is 1. The molecule has 110 valence electrons. The van der Waals surface area contributed by atoms with E-state index in [1.807, 2.05) is 32.9 Å². The van der Waals surface area contributed by atoms with Gasteiger partial charge in [-0.15, -0.1) is 0 Å². The second-order valence-corrected chi connectivity index (χ2v) is 5.77. The van der Waals surface area contributed by atoms with Crippen molar-refractivity contribution in [2.45, 2.75) is 30.7 Å². The number of pyridine rings is 1. The lowest BCUT2D eigenvalue weighted by atomic mass is 10.2. The van der Waals surface area contributed by atoms with Crippen molar-refractivity contribution >= 4 is 23.3 Å². The van der Waals surface area contributed by atoms with Gasteiger partial charge in [-0.2, -0.15) is 0 Å². The maximum Gasteiger partial charge on any atom is 0.275 e. The first kappa shape index (κ1) is 15.3. The minimum Gasteiger partial charge on any atom is -0.370 e. The topological polar surface area (TPSA) is 68.1 Å². The van der Waals surface area contributed by atoms with Crippen molar-refractivity contribution in [2.24, 2.45) is 0 Å². The SMILES string of the molecule is CCNc1cc([N+](=O)[O-])cc(Sc2ccc(C)cc2C)n1. The third kappa shape index (κ3) is 3.95. The Hall–Kier alpha value is -2.08. The van der Waals surface area contributed by atoms with Crippen LogP contribution in [0, 0.1) is 24.0 Å². The minimum absolute atomic E-state index is 0.0493. The largest absolute Gasteiger partial charge is 0.370 e. The van der Waals surface area contributed by atoms with Gasteiger partial charge in [0.25, 0.3) is 5.69 Å². The zero-order valence-electron chi connectivity index (χ0n) is 12.2. The van der Waals surface area contributed by atoms with E-state index < -0.39 is 4.92 Å². The Bertz CT molecular complexity index is 674. The van der Waals surface area contributed by atoms with Crippen molar-refractivity contribution in [1.29, 1.82) is 0 Å². The van der Waals surface area contributed by atoms with Gasteiger partial charge in [-0.05, 0) is 32.4 Å². The third-order valence-electron chi connectivity index (χ3n) is 2.90. The van der Waals surface area contributed by atoms with Gasteiger partial charge in [0.15, 0.2) is 0 Å². The van der Waals surface area contributed by atoms with Gasteiger partial charge in [0.05, 0.1) is 11.0 Å². The fourth-order valence-electron chi connectivity index (χ4n) is 1.95. The second-order valence-electron chi connectivity index (χ2n) is 4.71. The number of rotatable bonds is 5. The van der Waals surface area contributed by atoms with Crippen LogP contribution in [-0.4, -0.2) is 16.5 Å². The molecule has 1 heterocycles. The molecule has 0 bridgehead atoms. The molecule has 21 heavy (non-hydrogen) atoms. The van der Waals surface area contributed by atoms with Crippen molar-refractivity contribution in [3.05, 3.63) is 51.6 Å². The lowest BCUT2D eigenvalue weighted by molar-refractivity contribution is -0.385. The van der Waals surface area contributed by atoms with Gasteiger partial charge in [0, 0.05) is 17.5 Å². The number of hydrogen-bond acceptors (Lipinski definition) is 5. The second kappa shape index (κ2) is 6.58. The van der Waals surface area contributed by atoms with Crippen LogP contribution in [0.15, 0.2) is 40.3 Å². The molecular weight excluding hydrogens is 286 g/mol. The molecule has 0 saturated carbocycles. The summed E-state index contributed by atoms with van der Waals surface area (Å²) in [4.78, 5) is 16.1. The fourth-order valence-corrected chi connectivity index (χ4v) is 2.85. The highest BCUT2D eigenvalue weighted by Crippen LogP contribution is 2.32. The summed E-state index contributed by atoms with van der Waals surface area (Å²) < 4.78 is 0. The summed E-state index contributed by atoms with van der Waals surface area (Å²) in [6, 6.07) is 9.09. The van der Waals surface area contributed by atoms with E-state index in [1.165, 1.54) is 29.5 Å². The maximum absolute atomic E-state index is 11.0. The first-order valence-electron chi connectivity index (χ1n) is 6.65. The molecule has 0 aliphatic rings. The van der Waals surface area contributed by atoms with Crippen LogP contribution in [0.2, 0.25) is 0 Å². The van der Waals surface area contributed by atoms with E-state index in [9.17, 15) is 10.1 Å². The van der Waals surface area contributed by atoms with Crippen molar-refractivity contribution in [3.8, 4) is 0 Å². The van der Waals surface area contributed by atoms with Crippen LogP contribution >= 0.6 is 11.8 Å². The van der Waals surface area contributed by atoms with Crippen LogP contribution in [0.1, 0.15) is 18.1 Å². The molecule has 0 unspecified atom stereocenters.